The van der Waals surface area contributed by atoms with Crippen LogP contribution in [0, 0.1) is 5.92 Å². The van der Waals surface area contributed by atoms with Gasteiger partial charge in [0, 0.05) is 24.8 Å². The number of ether oxygens (including phenoxy) is 1. The average Bonchev–Trinajstić information content (AvgIpc) is 3.72. The second-order valence-electron chi connectivity index (χ2n) is 11.4. The molecule has 3 N–H and O–H groups in total. The van der Waals surface area contributed by atoms with E-state index >= 15 is 0 Å². The molecule has 1 aliphatic carbocycles. The fraction of sp³-hybridized carbons (Fsp3) is 0.517. The molecule has 0 saturated heterocycles. The number of benzene rings is 2. The van der Waals surface area contributed by atoms with Crippen LogP contribution in [0.4, 0.5) is 51.1 Å². The number of nitrogens with one attached hydrogen (secondary N) is 1. The molecule has 2 aromatic carbocycles. The van der Waals surface area contributed by atoms with Crippen LogP contribution in [-0.2, 0) is 41.1 Å². The molecule has 5 rings (SSSR count). The van der Waals surface area contributed by atoms with Crippen molar-refractivity contribution >= 4 is 18.1 Å². The van der Waals surface area contributed by atoms with E-state index in [9.17, 15) is 44.3 Å². The van der Waals surface area contributed by atoms with Gasteiger partial charge >= 0.3 is 18.5 Å². The Bertz CT molecular complexity index is 1490. The van der Waals surface area contributed by atoms with Crippen LogP contribution in [0.3, 0.4) is 0 Å². The quantitative estimate of drug-likeness (QED) is 0.192. The van der Waals surface area contributed by atoms with E-state index in [1.54, 1.807) is 13.8 Å². The Labute approximate surface area is 263 Å². The number of halogens is 9. The van der Waals surface area contributed by atoms with Gasteiger partial charge in [-0.2, -0.15) is 44.3 Å². The van der Waals surface area contributed by atoms with Gasteiger partial charge in [-0.25, -0.2) is 0 Å². The summed E-state index contributed by atoms with van der Waals surface area (Å²) >= 11 is 0. The number of aromatic nitrogens is 4. The lowest BCUT2D eigenvalue weighted by Crippen LogP contribution is -2.39. The highest BCUT2D eigenvalue weighted by Gasteiger charge is 2.42. The van der Waals surface area contributed by atoms with Gasteiger partial charge in [0.05, 0.1) is 35.4 Å². The molecule has 9 nitrogen and oxygen atoms in total. The van der Waals surface area contributed by atoms with Gasteiger partial charge in [0.1, 0.15) is 0 Å². The minimum absolute atomic E-state index is 0.0161. The Hall–Kier alpha value is -4.09. The van der Waals surface area contributed by atoms with Crippen LogP contribution in [-0.4, -0.2) is 45.4 Å². The molecule has 2 heterocycles. The standard InChI is InChI=1S/C25H24F9N7.C4H8O2/c26-23(27,28)15-3-4-19-18(10-15)21(11-20(36-19)14-1-2-14)40(22-37-39-41(38-22)6-5-35)12-13-7-16(24(29,30)31)9-17(8-13)25(32,33)34;1-4(2)6-3-5/h3-4,7-10,14,20-21,36H,1-2,5-6,11-12,35H2;3-4H,1-2H3. The third kappa shape index (κ3) is 9.26. The number of anilines is 2. The van der Waals surface area contributed by atoms with Crippen molar-refractivity contribution in [1.82, 2.24) is 20.2 Å². The number of nitrogens with zero attached hydrogens (tertiary/aromatic N) is 5. The maximum Gasteiger partial charge on any atom is 0.416 e. The van der Waals surface area contributed by atoms with Crippen LogP contribution >= 0.6 is 0 Å². The number of carbonyl (C=O) groups is 1. The lowest BCUT2D eigenvalue weighted by Gasteiger charge is -2.40. The Kier molecular flexibility index (Phi) is 10.6. The summed E-state index contributed by atoms with van der Waals surface area (Å²) in [6.07, 6.45) is -12.9. The van der Waals surface area contributed by atoms with E-state index in [0.29, 0.717) is 24.3 Å². The number of alkyl halides is 9. The van der Waals surface area contributed by atoms with E-state index < -0.39 is 47.8 Å². The van der Waals surface area contributed by atoms with Gasteiger partial charge in [0.15, 0.2) is 0 Å². The first-order valence-electron chi connectivity index (χ1n) is 14.5. The Morgan fingerprint density at radius 3 is 2.09 bits per heavy atom. The SMILES string of the molecule is CC(C)OC=O.NCCn1nnc(N(Cc2cc(C(F)(F)F)cc(C(F)(F)F)c2)C2CC(C3CC3)Nc3ccc(C(F)(F)F)cc32)n1. The second kappa shape index (κ2) is 13.9. The van der Waals surface area contributed by atoms with E-state index in [1.807, 2.05) is 0 Å². The summed E-state index contributed by atoms with van der Waals surface area (Å²) in [5.41, 5.74) is 1.73. The zero-order valence-corrected chi connectivity index (χ0v) is 25.1. The molecule has 258 valence electrons. The number of hydrogen-bond donors (Lipinski definition) is 2. The van der Waals surface area contributed by atoms with Gasteiger partial charge in [-0.05, 0) is 91.8 Å². The summed E-state index contributed by atoms with van der Waals surface area (Å²) in [6, 6.07) is 3.18. The van der Waals surface area contributed by atoms with Crippen LogP contribution in [0.15, 0.2) is 36.4 Å². The molecule has 2 atom stereocenters. The molecule has 18 heteroatoms. The minimum atomic E-state index is -5.08. The zero-order valence-electron chi connectivity index (χ0n) is 25.1. The molecule has 0 amide bonds. The highest BCUT2D eigenvalue weighted by atomic mass is 19.4. The van der Waals surface area contributed by atoms with Crippen molar-refractivity contribution in [3.63, 3.8) is 0 Å². The van der Waals surface area contributed by atoms with Gasteiger partial charge in [0.2, 0.25) is 0 Å². The number of rotatable bonds is 9. The second-order valence-corrected chi connectivity index (χ2v) is 11.4. The topological polar surface area (TPSA) is 111 Å². The van der Waals surface area contributed by atoms with Crippen molar-refractivity contribution in [2.45, 2.75) is 82.9 Å². The van der Waals surface area contributed by atoms with E-state index in [-0.39, 0.29) is 60.7 Å². The normalized spacial score (nSPS) is 18.1. The van der Waals surface area contributed by atoms with Crippen molar-refractivity contribution in [2.75, 3.05) is 16.8 Å². The number of carbonyl (C=O) groups excluding carboxylic acids is 1. The van der Waals surface area contributed by atoms with Crippen molar-refractivity contribution in [1.29, 1.82) is 0 Å². The van der Waals surface area contributed by atoms with Crippen LogP contribution < -0.4 is 16.0 Å². The zero-order chi connectivity index (χ0) is 34.7. The summed E-state index contributed by atoms with van der Waals surface area (Å²) in [4.78, 5) is 11.8. The largest absolute Gasteiger partial charge is 0.465 e. The van der Waals surface area contributed by atoms with Gasteiger partial charge in [0.25, 0.3) is 12.4 Å². The summed E-state index contributed by atoms with van der Waals surface area (Å²) in [5.74, 6) is 0.0373. The van der Waals surface area contributed by atoms with E-state index in [0.717, 1.165) is 29.8 Å². The molecule has 2 aliphatic rings. The summed E-state index contributed by atoms with van der Waals surface area (Å²) < 4.78 is 127. The summed E-state index contributed by atoms with van der Waals surface area (Å²) in [5, 5.41) is 15.2. The fourth-order valence-electron chi connectivity index (χ4n) is 5.18. The Morgan fingerprint density at radius 2 is 1.60 bits per heavy atom. The smallest absolute Gasteiger partial charge is 0.416 e. The molecule has 1 aliphatic heterocycles. The first kappa shape index (κ1) is 35.8. The molecule has 2 unspecified atom stereocenters. The molecule has 1 saturated carbocycles. The maximum absolute atomic E-state index is 13.7. The fourth-order valence-corrected chi connectivity index (χ4v) is 5.18. The van der Waals surface area contributed by atoms with Crippen molar-refractivity contribution < 1.29 is 49.0 Å². The number of fused-ring (bicyclic) bond motifs is 1. The van der Waals surface area contributed by atoms with Gasteiger partial charge in [-0.15, -0.1) is 5.10 Å². The van der Waals surface area contributed by atoms with Crippen molar-refractivity contribution in [3.05, 3.63) is 64.2 Å². The lowest BCUT2D eigenvalue weighted by molar-refractivity contribution is -0.143. The molecule has 0 radical (unpaired) electrons. The Balaban J connectivity index is 0.000000762. The monoisotopic (exact) mass is 681 g/mol. The third-order valence-corrected chi connectivity index (χ3v) is 7.48. The van der Waals surface area contributed by atoms with Crippen LogP contribution in [0.5, 0.6) is 0 Å². The van der Waals surface area contributed by atoms with Gasteiger partial charge < -0.3 is 20.7 Å². The molecule has 0 spiro atoms. The minimum Gasteiger partial charge on any atom is -0.465 e. The molecular formula is C29H32F9N7O2. The molecule has 0 bridgehead atoms. The molecule has 3 aromatic rings. The summed E-state index contributed by atoms with van der Waals surface area (Å²) in [6.45, 7) is 3.69. The highest BCUT2D eigenvalue weighted by Crippen LogP contribution is 2.47. The van der Waals surface area contributed by atoms with Crippen LogP contribution in [0.25, 0.3) is 0 Å². The van der Waals surface area contributed by atoms with Crippen LogP contribution in [0.1, 0.15) is 67.0 Å². The predicted octanol–water partition coefficient (Wildman–Crippen LogP) is 6.60. The van der Waals surface area contributed by atoms with Crippen LogP contribution in [0.2, 0.25) is 0 Å². The first-order valence-corrected chi connectivity index (χ1v) is 14.5. The van der Waals surface area contributed by atoms with Crippen molar-refractivity contribution in [3.8, 4) is 0 Å². The van der Waals surface area contributed by atoms with E-state index in [2.05, 4.69) is 25.5 Å². The molecule has 1 fully saturated rings. The summed E-state index contributed by atoms with van der Waals surface area (Å²) in [7, 11) is 0. The lowest BCUT2D eigenvalue weighted by atomic mass is 9.88. The molecular weight excluding hydrogens is 649 g/mol. The predicted molar refractivity (Wildman–Crippen MR) is 151 cm³/mol. The highest BCUT2D eigenvalue weighted by molar-refractivity contribution is 5.60. The Morgan fingerprint density at radius 1 is 0.979 bits per heavy atom. The maximum atomic E-state index is 13.7. The number of nitrogens with two attached hydrogens (primary N) is 1. The van der Waals surface area contributed by atoms with Gasteiger partial charge in [-0.3, -0.25) is 4.79 Å². The van der Waals surface area contributed by atoms with E-state index in [4.69, 9.17) is 5.73 Å². The van der Waals surface area contributed by atoms with Crippen molar-refractivity contribution in [2.24, 2.45) is 11.7 Å². The molecule has 1 aromatic heterocycles. The first-order chi connectivity index (χ1) is 21.9. The molecule has 47 heavy (non-hydrogen) atoms. The van der Waals surface area contributed by atoms with Gasteiger partial charge in [-0.1, -0.05) is 5.10 Å². The average molecular weight is 682 g/mol. The third-order valence-electron chi connectivity index (χ3n) is 7.48. The number of tetrazole rings is 1. The number of hydrogen-bond acceptors (Lipinski definition) is 8. The van der Waals surface area contributed by atoms with E-state index in [1.165, 1.54) is 11.0 Å².